The third-order valence-corrected chi connectivity index (χ3v) is 7.45. The van der Waals surface area contributed by atoms with Gasteiger partial charge in [-0.15, -0.1) is 0 Å². The summed E-state index contributed by atoms with van der Waals surface area (Å²) in [5.41, 5.74) is 2.77. The third kappa shape index (κ3) is 3.50. The fourth-order valence-corrected chi connectivity index (χ4v) is 5.33. The van der Waals surface area contributed by atoms with Gasteiger partial charge in [0.25, 0.3) is 5.56 Å². The van der Waals surface area contributed by atoms with Gasteiger partial charge in [-0.25, -0.2) is 0 Å². The van der Waals surface area contributed by atoms with E-state index in [0.717, 1.165) is 29.5 Å². The summed E-state index contributed by atoms with van der Waals surface area (Å²) in [6.07, 6.45) is 11.9. The molecule has 3 aromatic carbocycles. The fourth-order valence-electron chi connectivity index (χ4n) is 5.33. The molecule has 0 bridgehead atoms. The predicted octanol–water partition coefficient (Wildman–Crippen LogP) is 6.76. The second-order valence-corrected chi connectivity index (χ2v) is 9.28. The summed E-state index contributed by atoms with van der Waals surface area (Å²) in [6, 6.07) is 15.9. The maximum absolute atomic E-state index is 12.9. The van der Waals surface area contributed by atoms with Crippen molar-refractivity contribution in [3.8, 4) is 0 Å². The first-order chi connectivity index (χ1) is 15.6. The standard InChI is InChI=1S/C29H32N2O/c1-4-19(5-2)8-9-20-17-21-10-11-22(27-7-6-15-30-27)18-26(21)28-23(20)12-13-25-24(28)14-16-31(3)29(25)32/h6,10-19,27,30H,4-5,7-9H2,1-3H3. The summed E-state index contributed by atoms with van der Waals surface area (Å²) in [4.78, 5) is 12.9. The molecule has 1 N–H and O–H groups in total. The molecule has 164 valence electrons. The molecule has 0 saturated heterocycles. The van der Waals surface area contributed by atoms with Crippen molar-refractivity contribution in [2.45, 2.75) is 52.0 Å². The van der Waals surface area contributed by atoms with Crippen LogP contribution in [-0.4, -0.2) is 4.57 Å². The summed E-state index contributed by atoms with van der Waals surface area (Å²) < 4.78 is 1.67. The number of aromatic nitrogens is 1. The van der Waals surface area contributed by atoms with Crippen LogP contribution >= 0.6 is 0 Å². The zero-order chi connectivity index (χ0) is 22.2. The van der Waals surface area contributed by atoms with Crippen LogP contribution in [0.1, 0.15) is 56.7 Å². The molecule has 3 heteroatoms. The van der Waals surface area contributed by atoms with Gasteiger partial charge in [-0.1, -0.05) is 57.0 Å². The van der Waals surface area contributed by atoms with E-state index < -0.39 is 0 Å². The van der Waals surface area contributed by atoms with Crippen LogP contribution in [0.25, 0.3) is 32.3 Å². The van der Waals surface area contributed by atoms with E-state index in [0.29, 0.717) is 6.04 Å². The van der Waals surface area contributed by atoms with Crippen molar-refractivity contribution >= 4 is 32.3 Å². The van der Waals surface area contributed by atoms with Crippen molar-refractivity contribution in [2.24, 2.45) is 13.0 Å². The van der Waals surface area contributed by atoms with Gasteiger partial charge in [0.1, 0.15) is 0 Å². The highest BCUT2D eigenvalue weighted by Crippen LogP contribution is 2.36. The maximum atomic E-state index is 12.9. The molecular weight excluding hydrogens is 392 g/mol. The van der Waals surface area contributed by atoms with Gasteiger partial charge < -0.3 is 9.88 Å². The Kier molecular flexibility index (Phi) is 5.50. The molecule has 1 aromatic heterocycles. The molecule has 2 heterocycles. The van der Waals surface area contributed by atoms with E-state index in [4.69, 9.17) is 0 Å². The second-order valence-electron chi connectivity index (χ2n) is 9.28. The van der Waals surface area contributed by atoms with Crippen LogP contribution in [0.3, 0.4) is 0 Å². The van der Waals surface area contributed by atoms with Crippen molar-refractivity contribution in [2.75, 3.05) is 0 Å². The lowest BCUT2D eigenvalue weighted by Gasteiger charge is -2.18. The Labute approximate surface area is 189 Å². The molecule has 0 fully saturated rings. The molecule has 1 unspecified atom stereocenters. The Bertz CT molecular complexity index is 1380. The number of rotatable bonds is 6. The second kappa shape index (κ2) is 8.46. The Morgan fingerprint density at radius 1 is 1.00 bits per heavy atom. The van der Waals surface area contributed by atoms with E-state index >= 15 is 0 Å². The van der Waals surface area contributed by atoms with Gasteiger partial charge >= 0.3 is 0 Å². The Balaban J connectivity index is 1.78. The average molecular weight is 425 g/mol. The van der Waals surface area contributed by atoms with E-state index in [1.54, 1.807) is 4.57 Å². The van der Waals surface area contributed by atoms with Gasteiger partial charge in [-0.3, -0.25) is 4.79 Å². The van der Waals surface area contributed by atoms with Crippen molar-refractivity contribution in [1.29, 1.82) is 0 Å². The molecule has 32 heavy (non-hydrogen) atoms. The zero-order valence-corrected chi connectivity index (χ0v) is 19.3. The van der Waals surface area contributed by atoms with Crippen molar-refractivity contribution in [1.82, 2.24) is 9.88 Å². The highest BCUT2D eigenvalue weighted by Gasteiger charge is 2.17. The molecule has 1 atom stereocenters. The lowest BCUT2D eigenvalue weighted by atomic mass is 9.88. The number of nitrogens with one attached hydrogen (secondary N) is 1. The molecule has 4 aromatic rings. The monoisotopic (exact) mass is 424 g/mol. The summed E-state index contributed by atoms with van der Waals surface area (Å²) in [5.74, 6) is 0.761. The number of fused-ring (bicyclic) bond motifs is 5. The SMILES string of the molecule is CCC(CC)CCc1cc2ccc(C3CC=CN3)cc2c2c1ccc1c(=O)n(C)ccc12. The van der Waals surface area contributed by atoms with E-state index in [1.807, 2.05) is 25.5 Å². The van der Waals surface area contributed by atoms with E-state index in [2.05, 4.69) is 61.6 Å². The summed E-state index contributed by atoms with van der Waals surface area (Å²) >= 11 is 0. The van der Waals surface area contributed by atoms with Crippen LogP contribution in [0.15, 0.2) is 65.7 Å². The largest absolute Gasteiger partial charge is 0.384 e. The quantitative estimate of drug-likeness (QED) is 0.347. The Hall–Kier alpha value is -3.07. The number of aryl methyl sites for hydroxylation is 2. The van der Waals surface area contributed by atoms with Crippen LogP contribution in [-0.2, 0) is 13.5 Å². The molecular formula is C29H32N2O. The van der Waals surface area contributed by atoms with Crippen LogP contribution in [0.2, 0.25) is 0 Å². The van der Waals surface area contributed by atoms with Crippen molar-refractivity contribution in [3.63, 3.8) is 0 Å². The Morgan fingerprint density at radius 2 is 1.81 bits per heavy atom. The minimum atomic E-state index is 0.0674. The molecule has 0 radical (unpaired) electrons. The predicted molar refractivity (Wildman–Crippen MR) is 136 cm³/mol. The zero-order valence-electron chi connectivity index (χ0n) is 19.3. The first kappa shape index (κ1) is 20.8. The van der Waals surface area contributed by atoms with E-state index in [9.17, 15) is 4.79 Å². The molecule has 0 amide bonds. The number of nitrogens with zero attached hydrogens (tertiary/aromatic N) is 1. The number of benzene rings is 3. The fraction of sp³-hybridized carbons (Fsp3) is 0.345. The smallest absolute Gasteiger partial charge is 0.258 e. The Morgan fingerprint density at radius 3 is 2.56 bits per heavy atom. The van der Waals surface area contributed by atoms with Gasteiger partial charge in [0, 0.05) is 18.6 Å². The van der Waals surface area contributed by atoms with Crippen LogP contribution < -0.4 is 10.9 Å². The van der Waals surface area contributed by atoms with Crippen LogP contribution in [0.4, 0.5) is 0 Å². The topological polar surface area (TPSA) is 34.0 Å². The molecule has 1 aliphatic heterocycles. The molecule has 0 spiro atoms. The molecule has 5 rings (SSSR count). The first-order valence-electron chi connectivity index (χ1n) is 12.0. The van der Waals surface area contributed by atoms with Gasteiger partial charge in [0.15, 0.2) is 0 Å². The van der Waals surface area contributed by atoms with Crippen LogP contribution in [0, 0.1) is 5.92 Å². The minimum absolute atomic E-state index is 0.0674. The van der Waals surface area contributed by atoms with Crippen LogP contribution in [0.5, 0.6) is 0 Å². The van der Waals surface area contributed by atoms with E-state index in [1.165, 1.54) is 51.9 Å². The van der Waals surface area contributed by atoms with Gasteiger partial charge in [0.2, 0.25) is 0 Å². The van der Waals surface area contributed by atoms with Crippen molar-refractivity contribution < 1.29 is 0 Å². The maximum Gasteiger partial charge on any atom is 0.258 e. The lowest BCUT2D eigenvalue weighted by Crippen LogP contribution is -2.15. The molecule has 3 nitrogen and oxygen atoms in total. The van der Waals surface area contributed by atoms with E-state index in [-0.39, 0.29) is 5.56 Å². The lowest BCUT2D eigenvalue weighted by molar-refractivity contribution is 0.457. The van der Waals surface area contributed by atoms with Crippen molar-refractivity contribution in [3.05, 3.63) is 82.4 Å². The summed E-state index contributed by atoms with van der Waals surface area (Å²) in [5, 5.41) is 10.4. The summed E-state index contributed by atoms with van der Waals surface area (Å²) in [6.45, 7) is 4.59. The number of hydrogen-bond acceptors (Lipinski definition) is 2. The highest BCUT2D eigenvalue weighted by molar-refractivity contribution is 6.21. The van der Waals surface area contributed by atoms with Gasteiger partial charge in [0.05, 0.1) is 6.04 Å². The number of pyridine rings is 1. The molecule has 0 aliphatic carbocycles. The normalized spacial score (nSPS) is 15.9. The third-order valence-electron chi connectivity index (χ3n) is 7.45. The minimum Gasteiger partial charge on any atom is -0.384 e. The first-order valence-corrected chi connectivity index (χ1v) is 12.0. The molecule has 0 saturated carbocycles. The van der Waals surface area contributed by atoms with Gasteiger partial charge in [-0.2, -0.15) is 0 Å². The molecule has 1 aliphatic rings. The highest BCUT2D eigenvalue weighted by atomic mass is 16.1. The average Bonchev–Trinajstić information content (AvgIpc) is 3.36. The number of hydrogen-bond donors (Lipinski definition) is 1. The van der Waals surface area contributed by atoms with Gasteiger partial charge in [-0.05, 0) is 87.6 Å². The summed E-state index contributed by atoms with van der Waals surface area (Å²) in [7, 11) is 1.83.